The van der Waals surface area contributed by atoms with Gasteiger partial charge in [-0.25, -0.2) is 9.97 Å². The maximum absolute atomic E-state index is 12.3. The van der Waals surface area contributed by atoms with E-state index in [2.05, 4.69) is 20.6 Å². The fourth-order valence-electron chi connectivity index (χ4n) is 3.25. The Bertz CT molecular complexity index is 1140. The minimum Gasteiger partial charge on any atom is -0.378 e. The molecule has 1 aliphatic carbocycles. The quantitative estimate of drug-likeness (QED) is 0.509. The van der Waals surface area contributed by atoms with Crippen molar-refractivity contribution in [3.63, 3.8) is 0 Å². The van der Waals surface area contributed by atoms with Crippen molar-refractivity contribution in [1.29, 1.82) is 0 Å². The van der Waals surface area contributed by atoms with Crippen LogP contribution in [0.2, 0.25) is 0 Å². The van der Waals surface area contributed by atoms with Gasteiger partial charge in [0.25, 0.3) is 5.91 Å². The lowest BCUT2D eigenvalue weighted by Crippen LogP contribution is -2.25. The Morgan fingerprint density at radius 1 is 1.21 bits per heavy atom. The van der Waals surface area contributed by atoms with E-state index in [9.17, 15) is 4.79 Å². The van der Waals surface area contributed by atoms with Crippen molar-refractivity contribution in [3.8, 4) is 5.95 Å². The van der Waals surface area contributed by atoms with E-state index in [1.165, 1.54) is 12.8 Å². The minimum absolute atomic E-state index is 0.144. The van der Waals surface area contributed by atoms with Crippen LogP contribution in [0.1, 0.15) is 29.0 Å². The molecule has 8 nitrogen and oxygen atoms in total. The molecule has 0 saturated heterocycles. The van der Waals surface area contributed by atoms with Gasteiger partial charge < -0.3 is 10.6 Å². The highest BCUT2D eigenvalue weighted by Crippen LogP contribution is 2.27. The van der Waals surface area contributed by atoms with Crippen LogP contribution in [0.25, 0.3) is 11.5 Å². The van der Waals surface area contributed by atoms with E-state index in [1.54, 1.807) is 29.5 Å². The number of amides is 1. The lowest BCUT2D eigenvalue weighted by Gasteiger charge is -2.03. The molecule has 29 heavy (non-hydrogen) atoms. The molecule has 146 valence electrons. The Morgan fingerprint density at radius 2 is 2.14 bits per heavy atom. The second-order valence-electron chi connectivity index (χ2n) is 7.23. The first-order valence-corrected chi connectivity index (χ1v) is 9.70. The molecule has 1 aliphatic rings. The second kappa shape index (κ2) is 7.38. The Kier molecular flexibility index (Phi) is 4.44. The zero-order valence-electron chi connectivity index (χ0n) is 15.8. The predicted octanol–water partition coefficient (Wildman–Crippen LogP) is 2.67. The largest absolute Gasteiger partial charge is 0.378 e. The molecular formula is C21H21N7O. The molecule has 5 rings (SSSR count). The Labute approximate surface area is 167 Å². The van der Waals surface area contributed by atoms with Crippen molar-refractivity contribution in [2.75, 3.05) is 11.9 Å². The maximum Gasteiger partial charge on any atom is 0.271 e. The Hall–Kier alpha value is -3.68. The highest BCUT2D eigenvalue weighted by Gasteiger charge is 2.22. The van der Waals surface area contributed by atoms with Crippen LogP contribution in [0.5, 0.6) is 0 Å². The Morgan fingerprint density at radius 3 is 2.97 bits per heavy atom. The summed E-state index contributed by atoms with van der Waals surface area (Å²) in [6.07, 6.45) is 11.2. The van der Waals surface area contributed by atoms with Gasteiger partial charge in [-0.15, -0.1) is 0 Å². The number of fused-ring (bicyclic) bond motifs is 1. The number of pyridine rings is 2. The highest BCUT2D eigenvalue weighted by molar-refractivity contribution is 5.92. The second-order valence-corrected chi connectivity index (χ2v) is 7.23. The minimum atomic E-state index is -0.144. The molecular weight excluding hydrogens is 366 g/mol. The van der Waals surface area contributed by atoms with Crippen molar-refractivity contribution < 1.29 is 4.79 Å². The topological polar surface area (TPSA) is 89.1 Å². The third kappa shape index (κ3) is 3.69. The lowest BCUT2D eigenvalue weighted by atomic mass is 10.3. The fourth-order valence-corrected chi connectivity index (χ4v) is 3.25. The van der Waals surface area contributed by atoms with Gasteiger partial charge in [-0.3, -0.25) is 18.7 Å². The van der Waals surface area contributed by atoms with Crippen LogP contribution in [0.15, 0.2) is 61.4 Å². The summed E-state index contributed by atoms with van der Waals surface area (Å²) >= 11 is 0. The SMILES string of the molecule is O=C(NCC1CC1)c1cn(-c2nc(CNc3cccnc3)c3ccccn23)cn1. The molecule has 1 saturated carbocycles. The summed E-state index contributed by atoms with van der Waals surface area (Å²) in [6, 6.07) is 9.82. The first kappa shape index (κ1) is 17.4. The molecule has 0 radical (unpaired) electrons. The van der Waals surface area contributed by atoms with E-state index < -0.39 is 0 Å². The predicted molar refractivity (Wildman–Crippen MR) is 109 cm³/mol. The van der Waals surface area contributed by atoms with Crippen LogP contribution < -0.4 is 10.6 Å². The van der Waals surface area contributed by atoms with E-state index >= 15 is 0 Å². The number of hydrogen-bond donors (Lipinski definition) is 2. The van der Waals surface area contributed by atoms with Crippen molar-refractivity contribution in [2.24, 2.45) is 5.92 Å². The number of imidazole rings is 2. The molecule has 1 fully saturated rings. The number of nitrogens with zero attached hydrogens (tertiary/aromatic N) is 5. The van der Waals surface area contributed by atoms with Gasteiger partial charge in [0.15, 0.2) is 0 Å². The third-order valence-electron chi connectivity index (χ3n) is 5.02. The summed E-state index contributed by atoms with van der Waals surface area (Å²) < 4.78 is 3.78. The maximum atomic E-state index is 12.3. The highest BCUT2D eigenvalue weighted by atomic mass is 16.1. The fraction of sp³-hybridized carbons (Fsp3) is 0.238. The standard InChI is InChI=1S/C21H21N7O/c29-20(24-10-15-6-7-15)18-13-27(14-25-18)21-26-17(19-5-1-2-9-28(19)21)12-23-16-4-3-8-22-11-16/h1-5,8-9,11,13-15,23H,6-7,10,12H2,(H,24,29). The number of aromatic nitrogens is 5. The summed E-state index contributed by atoms with van der Waals surface area (Å²) in [4.78, 5) is 25.5. The van der Waals surface area contributed by atoms with Crippen LogP contribution in [0.4, 0.5) is 5.69 Å². The first-order chi connectivity index (χ1) is 14.3. The summed E-state index contributed by atoms with van der Waals surface area (Å²) in [5.74, 6) is 1.18. The summed E-state index contributed by atoms with van der Waals surface area (Å²) in [5.41, 5.74) is 3.22. The zero-order valence-corrected chi connectivity index (χ0v) is 15.8. The van der Waals surface area contributed by atoms with Crippen LogP contribution in [0, 0.1) is 5.92 Å². The molecule has 8 heteroatoms. The number of hydrogen-bond acceptors (Lipinski definition) is 5. The Balaban J connectivity index is 1.40. The van der Waals surface area contributed by atoms with Crippen LogP contribution >= 0.6 is 0 Å². The normalized spacial score (nSPS) is 13.5. The van der Waals surface area contributed by atoms with Gasteiger partial charge >= 0.3 is 0 Å². The number of carbonyl (C=O) groups is 1. The van der Waals surface area contributed by atoms with E-state index in [1.807, 2.05) is 40.9 Å². The van der Waals surface area contributed by atoms with Gasteiger partial charge in [-0.1, -0.05) is 6.07 Å². The number of nitrogens with one attached hydrogen (secondary N) is 2. The monoisotopic (exact) mass is 387 g/mol. The van der Waals surface area contributed by atoms with Gasteiger partial charge in [0.2, 0.25) is 5.95 Å². The molecule has 0 atom stereocenters. The number of rotatable bonds is 7. The van der Waals surface area contributed by atoms with E-state index in [0.29, 0.717) is 24.1 Å². The van der Waals surface area contributed by atoms with Crippen LogP contribution in [-0.4, -0.2) is 36.4 Å². The van der Waals surface area contributed by atoms with E-state index in [-0.39, 0.29) is 5.91 Å². The lowest BCUT2D eigenvalue weighted by molar-refractivity contribution is 0.0947. The van der Waals surface area contributed by atoms with Gasteiger partial charge in [0, 0.05) is 31.3 Å². The van der Waals surface area contributed by atoms with E-state index in [4.69, 9.17) is 4.98 Å². The average Bonchev–Trinajstić information content (AvgIpc) is 3.33. The first-order valence-electron chi connectivity index (χ1n) is 9.70. The molecule has 0 spiro atoms. The summed E-state index contributed by atoms with van der Waals surface area (Å²) in [7, 11) is 0. The molecule has 1 amide bonds. The number of anilines is 1. The van der Waals surface area contributed by atoms with E-state index in [0.717, 1.165) is 23.4 Å². The van der Waals surface area contributed by atoms with Crippen molar-refractivity contribution in [2.45, 2.75) is 19.4 Å². The molecule has 0 unspecified atom stereocenters. The smallest absolute Gasteiger partial charge is 0.271 e. The summed E-state index contributed by atoms with van der Waals surface area (Å²) in [5, 5.41) is 6.30. The van der Waals surface area contributed by atoms with Crippen LogP contribution in [0.3, 0.4) is 0 Å². The van der Waals surface area contributed by atoms with Gasteiger partial charge in [-0.2, -0.15) is 0 Å². The molecule has 2 N–H and O–H groups in total. The molecule has 4 heterocycles. The third-order valence-corrected chi connectivity index (χ3v) is 5.02. The molecule has 4 aromatic heterocycles. The van der Waals surface area contributed by atoms with Crippen LogP contribution in [-0.2, 0) is 6.54 Å². The molecule has 0 aliphatic heterocycles. The molecule has 4 aromatic rings. The zero-order chi connectivity index (χ0) is 19.6. The number of carbonyl (C=O) groups excluding carboxylic acids is 1. The van der Waals surface area contributed by atoms with Gasteiger partial charge in [0.05, 0.1) is 23.4 Å². The summed E-state index contributed by atoms with van der Waals surface area (Å²) in [6.45, 7) is 1.28. The van der Waals surface area contributed by atoms with Crippen molar-refractivity contribution in [3.05, 3.63) is 72.8 Å². The molecule has 0 aromatic carbocycles. The molecule has 0 bridgehead atoms. The van der Waals surface area contributed by atoms with Gasteiger partial charge in [0.1, 0.15) is 12.0 Å². The average molecular weight is 387 g/mol. The van der Waals surface area contributed by atoms with Crippen molar-refractivity contribution in [1.82, 2.24) is 29.2 Å². The van der Waals surface area contributed by atoms with Gasteiger partial charge in [-0.05, 0) is 43.0 Å². The van der Waals surface area contributed by atoms with Crippen molar-refractivity contribution >= 4 is 17.1 Å².